The van der Waals surface area contributed by atoms with Crippen LogP contribution in [0.3, 0.4) is 0 Å². The molecule has 0 aliphatic heterocycles. The number of rotatable bonds is 4. The van der Waals surface area contributed by atoms with Crippen molar-refractivity contribution in [2.45, 2.75) is 89.9 Å². The Morgan fingerprint density at radius 1 is 0.889 bits per heavy atom. The van der Waals surface area contributed by atoms with Gasteiger partial charge in [0.15, 0.2) is 0 Å². The first-order valence-electron chi connectivity index (χ1n) is 10.6. The van der Waals surface area contributed by atoms with E-state index in [4.69, 9.17) is 0 Å². The molecule has 3 aliphatic carbocycles. The molecule has 1 unspecified atom stereocenters. The standard InChI is InChI=1S/C22H31F5/c1-14-2-4-15(5-3-14)6-7-16-8-10-17(11-9-16)18-12-19(23)21(20(24)13-18)22(25,26)27/h12,14-17,20H,2-11,13H2,1H3. The maximum atomic E-state index is 14.0. The van der Waals surface area contributed by atoms with Crippen LogP contribution in [0.25, 0.3) is 0 Å². The van der Waals surface area contributed by atoms with Crippen molar-refractivity contribution in [3.63, 3.8) is 0 Å². The molecule has 0 radical (unpaired) electrons. The van der Waals surface area contributed by atoms with Crippen LogP contribution in [-0.2, 0) is 0 Å². The molecule has 5 heteroatoms. The molecule has 154 valence electrons. The molecule has 0 nitrogen and oxygen atoms in total. The lowest BCUT2D eigenvalue weighted by atomic mass is 9.73. The predicted octanol–water partition coefficient (Wildman–Crippen LogP) is 7.85. The fourth-order valence-corrected chi connectivity index (χ4v) is 5.27. The Kier molecular flexibility index (Phi) is 6.68. The molecular weight excluding hydrogens is 359 g/mol. The largest absolute Gasteiger partial charge is 0.418 e. The van der Waals surface area contributed by atoms with Gasteiger partial charge < -0.3 is 0 Å². The molecule has 0 saturated heterocycles. The van der Waals surface area contributed by atoms with E-state index in [0.29, 0.717) is 11.5 Å². The van der Waals surface area contributed by atoms with Gasteiger partial charge in [0.2, 0.25) is 0 Å². The van der Waals surface area contributed by atoms with Crippen LogP contribution in [0.15, 0.2) is 23.0 Å². The number of halogens is 5. The second kappa shape index (κ2) is 8.65. The average molecular weight is 390 g/mol. The Bertz CT molecular complexity index is 558. The van der Waals surface area contributed by atoms with E-state index >= 15 is 0 Å². The minimum atomic E-state index is -4.93. The fourth-order valence-electron chi connectivity index (χ4n) is 5.27. The van der Waals surface area contributed by atoms with Crippen molar-refractivity contribution in [3.05, 3.63) is 23.0 Å². The summed E-state index contributed by atoms with van der Waals surface area (Å²) in [6, 6.07) is 0. The molecule has 1 atom stereocenters. The van der Waals surface area contributed by atoms with Crippen molar-refractivity contribution in [3.8, 4) is 0 Å². The lowest BCUT2D eigenvalue weighted by Crippen LogP contribution is -2.27. The van der Waals surface area contributed by atoms with Crippen molar-refractivity contribution in [1.29, 1.82) is 0 Å². The van der Waals surface area contributed by atoms with Gasteiger partial charge in [0.1, 0.15) is 17.6 Å². The van der Waals surface area contributed by atoms with Crippen LogP contribution < -0.4 is 0 Å². The summed E-state index contributed by atoms with van der Waals surface area (Å²) in [5.41, 5.74) is -1.10. The summed E-state index contributed by atoms with van der Waals surface area (Å²) in [7, 11) is 0. The zero-order chi connectivity index (χ0) is 19.6. The Morgan fingerprint density at radius 3 is 1.89 bits per heavy atom. The summed E-state index contributed by atoms with van der Waals surface area (Å²) in [6.07, 6.45) is 5.08. The number of alkyl halides is 4. The van der Waals surface area contributed by atoms with Gasteiger partial charge in [-0.15, -0.1) is 0 Å². The summed E-state index contributed by atoms with van der Waals surface area (Å²) in [5.74, 6) is 0.997. The molecule has 0 bridgehead atoms. The van der Waals surface area contributed by atoms with Crippen LogP contribution in [0.2, 0.25) is 0 Å². The van der Waals surface area contributed by atoms with E-state index in [1.165, 1.54) is 38.5 Å². The molecule has 3 rings (SSSR count). The third kappa shape index (κ3) is 5.35. The van der Waals surface area contributed by atoms with Gasteiger partial charge in [-0.2, -0.15) is 13.2 Å². The van der Waals surface area contributed by atoms with Crippen LogP contribution in [-0.4, -0.2) is 12.3 Å². The molecule has 0 aromatic rings. The second-order valence-electron chi connectivity index (χ2n) is 9.07. The Morgan fingerprint density at radius 2 is 1.41 bits per heavy atom. The first-order chi connectivity index (χ1) is 12.7. The number of hydrogen-bond acceptors (Lipinski definition) is 0. The van der Waals surface area contributed by atoms with E-state index in [1.54, 1.807) is 0 Å². The van der Waals surface area contributed by atoms with Gasteiger partial charge in [0.05, 0.1) is 0 Å². The molecule has 0 spiro atoms. The lowest BCUT2D eigenvalue weighted by molar-refractivity contribution is -0.103. The van der Waals surface area contributed by atoms with Crippen molar-refractivity contribution in [2.24, 2.45) is 23.7 Å². The van der Waals surface area contributed by atoms with E-state index in [1.807, 2.05) is 0 Å². The van der Waals surface area contributed by atoms with Gasteiger partial charge in [-0.3, -0.25) is 0 Å². The average Bonchev–Trinajstić information content (AvgIpc) is 2.60. The molecule has 0 amide bonds. The van der Waals surface area contributed by atoms with E-state index in [9.17, 15) is 22.0 Å². The summed E-state index contributed by atoms with van der Waals surface area (Å²) in [4.78, 5) is 0. The Hall–Kier alpha value is -0.870. The quantitative estimate of drug-likeness (QED) is 0.429. The summed E-state index contributed by atoms with van der Waals surface area (Å²) in [6.45, 7) is 2.33. The Labute approximate surface area is 159 Å². The van der Waals surface area contributed by atoms with Crippen molar-refractivity contribution >= 4 is 0 Å². The highest BCUT2D eigenvalue weighted by molar-refractivity contribution is 5.36. The minimum Gasteiger partial charge on any atom is -0.242 e. The normalized spacial score (nSPS) is 35.9. The van der Waals surface area contributed by atoms with E-state index in [0.717, 1.165) is 43.6 Å². The van der Waals surface area contributed by atoms with E-state index in [-0.39, 0.29) is 12.3 Å². The van der Waals surface area contributed by atoms with E-state index in [2.05, 4.69) is 6.92 Å². The van der Waals surface area contributed by atoms with Crippen molar-refractivity contribution < 1.29 is 22.0 Å². The molecule has 2 fully saturated rings. The van der Waals surface area contributed by atoms with Crippen molar-refractivity contribution in [2.75, 3.05) is 0 Å². The highest BCUT2D eigenvalue weighted by Gasteiger charge is 2.44. The SMILES string of the molecule is CC1CCC(CCC2CCC(C3=CC(F)=C(C(F)(F)F)C(F)C3)CC2)CC1. The molecule has 3 aliphatic rings. The summed E-state index contributed by atoms with van der Waals surface area (Å²) >= 11 is 0. The van der Waals surface area contributed by atoms with Gasteiger partial charge in [-0.1, -0.05) is 51.0 Å². The van der Waals surface area contributed by atoms with Gasteiger partial charge in [-0.05, 0) is 55.4 Å². The van der Waals surface area contributed by atoms with Gasteiger partial charge in [-0.25, -0.2) is 8.78 Å². The molecule has 0 aromatic heterocycles. The first kappa shape index (κ1) is 20.9. The Balaban J connectivity index is 1.49. The topological polar surface area (TPSA) is 0 Å². The second-order valence-corrected chi connectivity index (χ2v) is 9.07. The van der Waals surface area contributed by atoms with Gasteiger partial charge in [0, 0.05) is 6.42 Å². The smallest absolute Gasteiger partial charge is 0.242 e. The summed E-state index contributed by atoms with van der Waals surface area (Å²) < 4.78 is 66.1. The van der Waals surface area contributed by atoms with Crippen LogP contribution in [0.5, 0.6) is 0 Å². The molecule has 2 saturated carbocycles. The van der Waals surface area contributed by atoms with Crippen LogP contribution in [0.4, 0.5) is 22.0 Å². The molecular formula is C22H31F5. The third-order valence-electron chi connectivity index (χ3n) is 7.09. The zero-order valence-electron chi connectivity index (χ0n) is 16.1. The first-order valence-corrected chi connectivity index (χ1v) is 10.6. The van der Waals surface area contributed by atoms with E-state index < -0.39 is 23.7 Å². The maximum absolute atomic E-state index is 14.0. The van der Waals surface area contributed by atoms with Crippen LogP contribution in [0, 0.1) is 23.7 Å². The fraction of sp³-hybridized carbons (Fsp3) is 0.818. The van der Waals surface area contributed by atoms with Crippen molar-refractivity contribution in [1.82, 2.24) is 0 Å². The molecule has 0 heterocycles. The number of hydrogen-bond donors (Lipinski definition) is 0. The highest BCUT2D eigenvalue weighted by Crippen LogP contribution is 2.44. The predicted molar refractivity (Wildman–Crippen MR) is 97.6 cm³/mol. The van der Waals surface area contributed by atoms with Gasteiger partial charge >= 0.3 is 6.18 Å². The van der Waals surface area contributed by atoms with Crippen LogP contribution in [0.1, 0.15) is 77.6 Å². The monoisotopic (exact) mass is 390 g/mol. The highest BCUT2D eigenvalue weighted by atomic mass is 19.4. The third-order valence-corrected chi connectivity index (χ3v) is 7.09. The summed E-state index contributed by atoms with van der Waals surface area (Å²) in [5, 5.41) is 0. The number of allylic oxidation sites excluding steroid dienone is 4. The van der Waals surface area contributed by atoms with Crippen LogP contribution >= 0.6 is 0 Å². The molecule has 27 heavy (non-hydrogen) atoms. The lowest BCUT2D eigenvalue weighted by Gasteiger charge is -2.33. The zero-order valence-corrected chi connectivity index (χ0v) is 16.1. The molecule has 0 N–H and O–H groups in total. The maximum Gasteiger partial charge on any atom is 0.418 e. The van der Waals surface area contributed by atoms with Gasteiger partial charge in [0.25, 0.3) is 0 Å². The molecule has 0 aromatic carbocycles. The minimum absolute atomic E-state index is 0.0376.